The van der Waals surface area contributed by atoms with E-state index in [9.17, 15) is 14.7 Å². The standard InChI is InChI=1S/C24H23Cl2NO6/c1-31-22-15(11-16(25)23(32-2)18(22)26)20(28)17-19(13-7-4-3-5-8-13)27(24(30)21(17)29)12-14-9-6-10-33-14/h3-5,7-8,11,14,19,28H,6,9-10,12H2,1-2H3/b20-17+. The Labute approximate surface area is 201 Å². The van der Waals surface area contributed by atoms with Crippen LogP contribution in [0.25, 0.3) is 5.76 Å². The number of benzene rings is 2. The van der Waals surface area contributed by atoms with E-state index in [2.05, 4.69) is 0 Å². The fourth-order valence-corrected chi connectivity index (χ4v) is 5.04. The highest BCUT2D eigenvalue weighted by Gasteiger charge is 2.47. The van der Waals surface area contributed by atoms with Crippen LogP contribution in [0.1, 0.15) is 30.0 Å². The lowest BCUT2D eigenvalue weighted by Gasteiger charge is -2.27. The number of rotatable bonds is 6. The molecule has 0 bridgehead atoms. The van der Waals surface area contributed by atoms with E-state index >= 15 is 0 Å². The van der Waals surface area contributed by atoms with E-state index in [1.165, 1.54) is 25.2 Å². The summed E-state index contributed by atoms with van der Waals surface area (Å²) in [6.07, 6.45) is 1.51. The van der Waals surface area contributed by atoms with Crippen molar-refractivity contribution in [1.29, 1.82) is 0 Å². The van der Waals surface area contributed by atoms with Crippen molar-refractivity contribution in [1.82, 2.24) is 4.90 Å². The van der Waals surface area contributed by atoms with E-state index in [0.29, 0.717) is 12.2 Å². The second kappa shape index (κ2) is 9.63. The Morgan fingerprint density at radius 1 is 1.15 bits per heavy atom. The molecule has 2 saturated heterocycles. The molecule has 2 heterocycles. The summed E-state index contributed by atoms with van der Waals surface area (Å²) in [7, 11) is 2.77. The minimum Gasteiger partial charge on any atom is -0.507 e. The van der Waals surface area contributed by atoms with Crippen molar-refractivity contribution in [3.05, 3.63) is 63.1 Å². The third kappa shape index (κ3) is 4.16. The number of ketones is 1. The highest BCUT2D eigenvalue weighted by molar-refractivity contribution is 6.47. The maximum atomic E-state index is 13.2. The first kappa shape index (κ1) is 23.4. The summed E-state index contributed by atoms with van der Waals surface area (Å²) < 4.78 is 16.3. The van der Waals surface area contributed by atoms with Gasteiger partial charge in [-0.05, 0) is 24.5 Å². The van der Waals surface area contributed by atoms with E-state index in [1.807, 2.05) is 18.2 Å². The molecule has 1 N–H and O–H groups in total. The number of carbonyl (C=O) groups is 2. The van der Waals surface area contributed by atoms with E-state index in [4.69, 9.17) is 37.4 Å². The van der Waals surface area contributed by atoms with Crippen LogP contribution in [0.2, 0.25) is 10.0 Å². The number of likely N-dealkylation sites (tertiary alicyclic amines) is 1. The van der Waals surface area contributed by atoms with Gasteiger partial charge in [0.2, 0.25) is 0 Å². The normalized spacial score (nSPS) is 22.1. The van der Waals surface area contributed by atoms with Crippen LogP contribution >= 0.6 is 23.2 Å². The Hall–Kier alpha value is -2.74. The molecule has 1 amide bonds. The fourth-order valence-electron chi connectivity index (χ4n) is 4.35. The average molecular weight is 492 g/mol. The predicted octanol–water partition coefficient (Wildman–Crippen LogP) is 4.61. The molecule has 2 fully saturated rings. The highest BCUT2D eigenvalue weighted by Crippen LogP contribution is 2.47. The Morgan fingerprint density at radius 3 is 2.45 bits per heavy atom. The van der Waals surface area contributed by atoms with Gasteiger partial charge in [0, 0.05) is 13.2 Å². The number of methoxy groups -OCH3 is 2. The molecule has 7 nitrogen and oxygen atoms in total. The van der Waals surface area contributed by atoms with Gasteiger partial charge in [0.1, 0.15) is 10.8 Å². The summed E-state index contributed by atoms with van der Waals surface area (Å²) in [5.74, 6) is -1.69. The number of hydrogen-bond acceptors (Lipinski definition) is 6. The number of Topliss-reactive ketones (excluding diaryl/α,β-unsaturated/α-hetero) is 1. The zero-order chi connectivity index (χ0) is 23.7. The molecule has 2 aliphatic rings. The van der Waals surface area contributed by atoms with Crippen molar-refractivity contribution in [2.45, 2.75) is 25.0 Å². The number of aliphatic hydroxyl groups is 1. The van der Waals surface area contributed by atoms with Crippen molar-refractivity contribution in [2.24, 2.45) is 0 Å². The lowest BCUT2D eigenvalue weighted by molar-refractivity contribution is -0.140. The third-order valence-corrected chi connectivity index (χ3v) is 6.50. The molecule has 4 rings (SSSR count). The van der Waals surface area contributed by atoms with Crippen molar-refractivity contribution in [2.75, 3.05) is 27.4 Å². The quantitative estimate of drug-likeness (QED) is 0.360. The maximum absolute atomic E-state index is 13.2. The molecule has 174 valence electrons. The van der Waals surface area contributed by atoms with Crippen LogP contribution < -0.4 is 9.47 Å². The molecular formula is C24H23Cl2NO6. The van der Waals surface area contributed by atoms with Crippen LogP contribution in [0.3, 0.4) is 0 Å². The fraction of sp³-hybridized carbons (Fsp3) is 0.333. The topological polar surface area (TPSA) is 85.3 Å². The summed E-state index contributed by atoms with van der Waals surface area (Å²) >= 11 is 12.7. The van der Waals surface area contributed by atoms with Crippen LogP contribution in [0.15, 0.2) is 42.0 Å². The molecule has 33 heavy (non-hydrogen) atoms. The Kier molecular flexibility index (Phi) is 6.83. The molecule has 2 unspecified atom stereocenters. The van der Waals surface area contributed by atoms with E-state index in [0.717, 1.165) is 12.8 Å². The van der Waals surface area contributed by atoms with Gasteiger partial charge in [-0.2, -0.15) is 0 Å². The molecule has 0 saturated carbocycles. The molecule has 0 aliphatic carbocycles. The van der Waals surface area contributed by atoms with Crippen molar-refractivity contribution >= 4 is 40.7 Å². The summed E-state index contributed by atoms with van der Waals surface area (Å²) in [6.45, 7) is 0.854. The Balaban J connectivity index is 1.90. The van der Waals surface area contributed by atoms with Crippen molar-refractivity contribution < 1.29 is 28.9 Å². The first-order valence-electron chi connectivity index (χ1n) is 10.4. The summed E-state index contributed by atoms with van der Waals surface area (Å²) in [6, 6.07) is 9.65. The molecule has 2 aliphatic heterocycles. The van der Waals surface area contributed by atoms with Gasteiger partial charge in [0.15, 0.2) is 11.5 Å². The number of halogens is 2. The van der Waals surface area contributed by atoms with Gasteiger partial charge in [0.05, 0.1) is 42.5 Å². The largest absolute Gasteiger partial charge is 0.507 e. The second-order valence-corrected chi connectivity index (χ2v) is 8.57. The molecule has 2 aromatic carbocycles. The first-order chi connectivity index (χ1) is 15.9. The van der Waals surface area contributed by atoms with Crippen LogP contribution in [0.4, 0.5) is 0 Å². The first-order valence-corrected chi connectivity index (χ1v) is 11.2. The molecular weight excluding hydrogens is 469 g/mol. The van der Waals surface area contributed by atoms with Crippen molar-refractivity contribution in [3.63, 3.8) is 0 Å². The second-order valence-electron chi connectivity index (χ2n) is 7.78. The van der Waals surface area contributed by atoms with Gasteiger partial charge >= 0.3 is 0 Å². The zero-order valence-electron chi connectivity index (χ0n) is 18.1. The van der Waals surface area contributed by atoms with Gasteiger partial charge < -0.3 is 24.2 Å². The molecule has 0 radical (unpaired) electrons. The highest BCUT2D eigenvalue weighted by atomic mass is 35.5. The SMILES string of the molecule is COc1c(Cl)cc(/C(O)=C2\C(=O)C(=O)N(CC3CCCO3)C2c2ccccc2)c(OC)c1Cl. The van der Waals surface area contributed by atoms with Crippen LogP contribution in [-0.4, -0.2) is 55.2 Å². The molecule has 2 aromatic rings. The number of carbonyl (C=O) groups excluding carboxylic acids is 2. The van der Waals surface area contributed by atoms with Crippen molar-refractivity contribution in [3.8, 4) is 11.5 Å². The Bertz CT molecular complexity index is 1110. The molecule has 0 aromatic heterocycles. The van der Waals surface area contributed by atoms with E-state index in [-0.39, 0.29) is 45.3 Å². The smallest absolute Gasteiger partial charge is 0.295 e. The molecule has 2 atom stereocenters. The third-order valence-electron chi connectivity index (χ3n) is 5.87. The van der Waals surface area contributed by atoms with Gasteiger partial charge in [0.25, 0.3) is 11.7 Å². The minimum atomic E-state index is -0.806. The number of aliphatic hydroxyl groups excluding tert-OH is 1. The monoisotopic (exact) mass is 491 g/mol. The van der Waals surface area contributed by atoms with Gasteiger partial charge in [-0.1, -0.05) is 53.5 Å². The van der Waals surface area contributed by atoms with E-state index < -0.39 is 23.5 Å². The minimum absolute atomic E-state index is 0.0406. The Morgan fingerprint density at radius 2 is 1.85 bits per heavy atom. The predicted molar refractivity (Wildman–Crippen MR) is 124 cm³/mol. The number of nitrogens with zero attached hydrogens (tertiary/aromatic N) is 1. The van der Waals surface area contributed by atoms with Crippen LogP contribution in [-0.2, 0) is 14.3 Å². The summed E-state index contributed by atoms with van der Waals surface area (Å²) in [4.78, 5) is 27.7. The maximum Gasteiger partial charge on any atom is 0.295 e. The van der Waals surface area contributed by atoms with Crippen LogP contribution in [0, 0.1) is 0 Å². The van der Waals surface area contributed by atoms with Gasteiger partial charge in [-0.3, -0.25) is 9.59 Å². The van der Waals surface area contributed by atoms with Crippen LogP contribution in [0.5, 0.6) is 11.5 Å². The lowest BCUT2D eigenvalue weighted by atomic mass is 9.95. The zero-order valence-corrected chi connectivity index (χ0v) is 19.7. The number of ether oxygens (including phenoxy) is 3. The summed E-state index contributed by atoms with van der Waals surface area (Å²) in [5, 5.41) is 11.5. The van der Waals surface area contributed by atoms with Gasteiger partial charge in [-0.15, -0.1) is 0 Å². The van der Waals surface area contributed by atoms with Gasteiger partial charge in [-0.25, -0.2) is 0 Å². The lowest BCUT2D eigenvalue weighted by Crippen LogP contribution is -2.36. The average Bonchev–Trinajstić information content (AvgIpc) is 3.41. The number of amides is 1. The molecule has 0 spiro atoms. The molecule has 9 heteroatoms. The number of hydrogen-bond donors (Lipinski definition) is 1. The summed E-state index contributed by atoms with van der Waals surface area (Å²) in [5.41, 5.74) is 0.699. The van der Waals surface area contributed by atoms with E-state index in [1.54, 1.807) is 12.1 Å².